The molecule has 1 unspecified atom stereocenters. The Morgan fingerprint density at radius 2 is 1.57 bits per heavy atom. The van der Waals surface area contributed by atoms with Gasteiger partial charge in [0.2, 0.25) is 0 Å². The summed E-state index contributed by atoms with van der Waals surface area (Å²) in [4.78, 5) is 0.360. The van der Waals surface area contributed by atoms with Crippen molar-refractivity contribution in [2.24, 2.45) is 0 Å². The molecular formula is C16H12BrF3S. The first kappa shape index (κ1) is 16.0. The summed E-state index contributed by atoms with van der Waals surface area (Å²) >= 11 is 0. The summed E-state index contributed by atoms with van der Waals surface area (Å²) in [6, 6.07) is 15.6. The van der Waals surface area contributed by atoms with Gasteiger partial charge in [-0.25, -0.2) is 0 Å². The number of thiophene rings is 1. The van der Waals surface area contributed by atoms with Crippen LogP contribution in [0.5, 0.6) is 0 Å². The first-order valence-electron chi connectivity index (χ1n) is 6.16. The van der Waals surface area contributed by atoms with Gasteiger partial charge in [0.05, 0.1) is 0 Å². The summed E-state index contributed by atoms with van der Waals surface area (Å²) in [5, 5.41) is 0.685. The highest BCUT2D eigenvalue weighted by Gasteiger charge is 2.48. The van der Waals surface area contributed by atoms with Crippen molar-refractivity contribution in [3.8, 4) is 10.4 Å². The van der Waals surface area contributed by atoms with Gasteiger partial charge in [0.15, 0.2) is 9.58 Å². The van der Waals surface area contributed by atoms with E-state index in [4.69, 9.17) is 0 Å². The van der Waals surface area contributed by atoms with Gasteiger partial charge in [-0.3, -0.25) is 0 Å². The van der Waals surface area contributed by atoms with Gasteiger partial charge < -0.3 is 17.0 Å². The van der Waals surface area contributed by atoms with Gasteiger partial charge in [0.25, 0.3) is 0 Å². The SMILES string of the molecule is Cc1ccc2c(c1)cc(-c1ccccc1)[s+]2C(F)(F)F.[Br-]. The first-order valence-corrected chi connectivity index (χ1v) is 7.38. The Balaban J connectivity index is 0.00000161. The smallest absolute Gasteiger partial charge is 0.601 e. The number of halogens is 4. The van der Waals surface area contributed by atoms with Gasteiger partial charge in [0, 0.05) is 17.0 Å². The summed E-state index contributed by atoms with van der Waals surface area (Å²) in [5.74, 6) is 0. The Morgan fingerprint density at radius 3 is 2.19 bits per heavy atom. The van der Waals surface area contributed by atoms with Crippen LogP contribution in [0.4, 0.5) is 13.2 Å². The van der Waals surface area contributed by atoms with Gasteiger partial charge in [-0.05, 0) is 31.2 Å². The van der Waals surface area contributed by atoms with E-state index in [9.17, 15) is 13.2 Å². The number of aryl methyl sites for hydroxylation is 1. The monoisotopic (exact) mass is 372 g/mol. The van der Waals surface area contributed by atoms with E-state index >= 15 is 0 Å². The van der Waals surface area contributed by atoms with Crippen molar-refractivity contribution in [3.63, 3.8) is 0 Å². The molecule has 2 aromatic carbocycles. The van der Waals surface area contributed by atoms with Crippen LogP contribution in [0, 0.1) is 6.92 Å². The van der Waals surface area contributed by atoms with E-state index in [0.29, 0.717) is 20.5 Å². The molecule has 5 heteroatoms. The molecule has 0 aliphatic heterocycles. The molecule has 0 N–H and O–H groups in total. The molecule has 0 aliphatic rings. The summed E-state index contributed by atoms with van der Waals surface area (Å²) in [6.07, 6.45) is 0. The molecule has 1 atom stereocenters. The minimum atomic E-state index is -4.25. The van der Waals surface area contributed by atoms with Crippen LogP contribution in [0.2, 0.25) is 0 Å². The molecule has 1 heterocycles. The molecule has 21 heavy (non-hydrogen) atoms. The minimum Gasteiger partial charge on any atom is -1.00 e. The number of hydrogen-bond donors (Lipinski definition) is 0. The predicted octanol–water partition coefficient (Wildman–Crippen LogP) is 3.04. The summed E-state index contributed by atoms with van der Waals surface area (Å²) in [7, 11) is -1.86. The fourth-order valence-electron chi connectivity index (χ4n) is 2.34. The normalized spacial score (nSPS) is 12.3. The van der Waals surface area contributed by atoms with Crippen molar-refractivity contribution in [2.75, 3.05) is 0 Å². The fourth-order valence-corrected chi connectivity index (χ4v) is 4.25. The van der Waals surface area contributed by atoms with Crippen LogP contribution >= 0.6 is 10.5 Å². The molecule has 0 radical (unpaired) electrons. The fraction of sp³-hybridized carbons (Fsp3) is 0.125. The molecule has 0 amide bonds. The number of fused-ring (bicyclic) bond motifs is 1. The van der Waals surface area contributed by atoms with E-state index in [1.165, 1.54) is 0 Å². The predicted molar refractivity (Wildman–Crippen MR) is 77.9 cm³/mol. The molecule has 0 fully saturated rings. The van der Waals surface area contributed by atoms with Crippen molar-refractivity contribution < 1.29 is 30.2 Å². The minimum absolute atomic E-state index is 0. The highest BCUT2D eigenvalue weighted by Crippen LogP contribution is 2.54. The molecule has 3 aromatic rings. The molecule has 0 spiro atoms. The number of benzene rings is 2. The lowest BCUT2D eigenvalue weighted by molar-refractivity contribution is -0.0864. The third-order valence-corrected chi connectivity index (χ3v) is 5.25. The van der Waals surface area contributed by atoms with E-state index in [-0.39, 0.29) is 17.0 Å². The maximum atomic E-state index is 13.4. The number of alkyl halides is 3. The Labute approximate surface area is 134 Å². The Bertz CT molecular complexity index is 760. The third kappa shape index (κ3) is 2.99. The van der Waals surface area contributed by atoms with Crippen LogP contribution in [0.25, 0.3) is 20.5 Å². The van der Waals surface area contributed by atoms with Gasteiger partial charge in [-0.15, -0.1) is 13.2 Å². The molecule has 0 saturated heterocycles. The Kier molecular flexibility index (Phi) is 4.44. The summed E-state index contributed by atoms with van der Waals surface area (Å²) in [5.41, 5.74) is -2.63. The molecular weight excluding hydrogens is 361 g/mol. The number of rotatable bonds is 1. The molecule has 0 nitrogen and oxygen atoms in total. The van der Waals surface area contributed by atoms with Gasteiger partial charge in [-0.2, -0.15) is 0 Å². The van der Waals surface area contributed by atoms with E-state index in [1.54, 1.807) is 42.5 Å². The second-order valence-electron chi connectivity index (χ2n) is 4.67. The maximum Gasteiger partial charge on any atom is 0.601 e. The van der Waals surface area contributed by atoms with Gasteiger partial charge >= 0.3 is 5.51 Å². The van der Waals surface area contributed by atoms with Crippen molar-refractivity contribution in [2.45, 2.75) is 12.4 Å². The zero-order valence-corrected chi connectivity index (χ0v) is 13.5. The summed E-state index contributed by atoms with van der Waals surface area (Å²) < 4.78 is 40.7. The van der Waals surface area contributed by atoms with Crippen molar-refractivity contribution in [1.82, 2.24) is 0 Å². The lowest BCUT2D eigenvalue weighted by Gasteiger charge is -2.00. The van der Waals surface area contributed by atoms with E-state index < -0.39 is 16.0 Å². The maximum absolute atomic E-state index is 13.4. The highest BCUT2D eigenvalue weighted by atomic mass is 79.9. The Morgan fingerprint density at radius 1 is 0.905 bits per heavy atom. The molecule has 110 valence electrons. The lowest BCUT2D eigenvalue weighted by Crippen LogP contribution is -3.00. The van der Waals surface area contributed by atoms with Crippen molar-refractivity contribution in [1.29, 1.82) is 0 Å². The summed E-state index contributed by atoms with van der Waals surface area (Å²) in [6.45, 7) is 1.89. The van der Waals surface area contributed by atoms with E-state index in [1.807, 2.05) is 19.1 Å². The van der Waals surface area contributed by atoms with Crippen molar-refractivity contribution >= 4 is 20.6 Å². The zero-order chi connectivity index (χ0) is 14.3. The molecule has 0 bridgehead atoms. The van der Waals surface area contributed by atoms with Gasteiger partial charge in [0.1, 0.15) is 10.5 Å². The van der Waals surface area contributed by atoms with Crippen molar-refractivity contribution in [3.05, 3.63) is 60.2 Å². The average Bonchev–Trinajstić information content (AvgIpc) is 2.78. The standard InChI is InChI=1S/C16H12F3S.BrH/c1-11-7-8-14-13(9-11)10-15(20(14)16(17,18)19)12-5-3-2-4-6-12;/h2-10H,1H3;1H/q+1;/p-1. The second-order valence-corrected chi connectivity index (χ2v) is 6.62. The number of hydrogen-bond acceptors (Lipinski definition) is 0. The van der Waals surface area contributed by atoms with Crippen LogP contribution in [-0.4, -0.2) is 0 Å². The quantitative estimate of drug-likeness (QED) is 0.576. The largest absolute Gasteiger partial charge is 1.00 e. The molecule has 3 rings (SSSR count). The van der Waals surface area contributed by atoms with Crippen LogP contribution in [0.3, 0.4) is 0 Å². The van der Waals surface area contributed by atoms with E-state index in [0.717, 1.165) is 5.56 Å². The van der Waals surface area contributed by atoms with Crippen LogP contribution < -0.4 is 17.0 Å². The second kappa shape index (κ2) is 5.81. The van der Waals surface area contributed by atoms with Crippen LogP contribution in [0.15, 0.2) is 54.6 Å². The molecule has 1 aromatic heterocycles. The van der Waals surface area contributed by atoms with Crippen LogP contribution in [-0.2, 0) is 5.51 Å². The molecule has 0 aliphatic carbocycles. The average molecular weight is 373 g/mol. The third-order valence-electron chi connectivity index (χ3n) is 3.18. The molecule has 0 saturated carbocycles. The van der Waals surface area contributed by atoms with E-state index in [2.05, 4.69) is 0 Å². The van der Waals surface area contributed by atoms with Gasteiger partial charge in [-0.1, -0.05) is 29.8 Å². The topological polar surface area (TPSA) is 0 Å². The highest BCUT2D eigenvalue weighted by molar-refractivity contribution is 7.41. The lowest BCUT2D eigenvalue weighted by atomic mass is 10.1. The van der Waals surface area contributed by atoms with Crippen LogP contribution in [0.1, 0.15) is 5.56 Å². The first-order chi connectivity index (χ1) is 9.47. The zero-order valence-electron chi connectivity index (χ0n) is 11.1. The Hall–Kier alpha value is -1.33.